The summed E-state index contributed by atoms with van der Waals surface area (Å²) in [6.07, 6.45) is 2.44. The average molecular weight is 389 g/mol. The molecule has 28 heavy (non-hydrogen) atoms. The second kappa shape index (κ2) is 8.41. The molecule has 1 fully saturated rings. The Morgan fingerprint density at radius 3 is 2.71 bits per heavy atom. The number of aliphatic hydroxyl groups is 1. The molecule has 0 bridgehead atoms. The second-order valence-electron chi connectivity index (χ2n) is 7.76. The molecular weight excluding hydrogens is 361 g/mol. The van der Waals surface area contributed by atoms with Crippen molar-refractivity contribution in [2.75, 3.05) is 13.1 Å². The molecule has 1 aliphatic heterocycles. The van der Waals surface area contributed by atoms with Crippen molar-refractivity contribution < 1.29 is 19.4 Å². The van der Waals surface area contributed by atoms with E-state index in [0.717, 1.165) is 24.2 Å². The van der Waals surface area contributed by atoms with Crippen LogP contribution >= 0.6 is 0 Å². The summed E-state index contributed by atoms with van der Waals surface area (Å²) in [5.41, 5.74) is 1.55. The van der Waals surface area contributed by atoms with E-state index in [1.807, 2.05) is 17.8 Å². The van der Waals surface area contributed by atoms with E-state index < -0.39 is 17.5 Å². The molecule has 0 saturated carbocycles. The van der Waals surface area contributed by atoms with Gasteiger partial charge in [-0.3, -0.25) is 14.4 Å². The number of halogens is 1. The number of hydrogen-bond donors (Lipinski definition) is 2. The number of hydrogen-bond acceptors (Lipinski definition) is 4. The molecule has 2 atom stereocenters. The Balaban J connectivity index is 1.80. The first-order valence-electron chi connectivity index (χ1n) is 9.75. The van der Waals surface area contributed by atoms with Gasteiger partial charge in [0.15, 0.2) is 0 Å². The predicted octanol–water partition coefficient (Wildman–Crippen LogP) is 2.62. The fourth-order valence-electron chi connectivity index (χ4n) is 4.04. The third-order valence-corrected chi connectivity index (χ3v) is 5.76. The van der Waals surface area contributed by atoms with Crippen LogP contribution in [-0.4, -0.2) is 50.1 Å². The number of likely N-dealkylation sites (tertiary alicyclic amines) is 1. The van der Waals surface area contributed by atoms with E-state index in [4.69, 9.17) is 0 Å². The summed E-state index contributed by atoms with van der Waals surface area (Å²) in [5.74, 6) is -1.38. The van der Waals surface area contributed by atoms with Gasteiger partial charge in [-0.1, -0.05) is 19.1 Å². The predicted molar refractivity (Wildman–Crippen MR) is 103 cm³/mol. The van der Waals surface area contributed by atoms with E-state index >= 15 is 0 Å². The van der Waals surface area contributed by atoms with Crippen LogP contribution in [0.3, 0.4) is 0 Å². The van der Waals surface area contributed by atoms with Crippen molar-refractivity contribution in [1.82, 2.24) is 14.7 Å². The van der Waals surface area contributed by atoms with Crippen molar-refractivity contribution >= 4 is 5.97 Å². The zero-order valence-electron chi connectivity index (χ0n) is 16.4. The number of benzene rings is 1. The molecule has 3 rings (SSSR count). The molecule has 0 amide bonds. The summed E-state index contributed by atoms with van der Waals surface area (Å²) in [5, 5.41) is 25.1. The lowest BCUT2D eigenvalue weighted by Crippen LogP contribution is -2.56. The number of nitrogens with zero attached hydrogens (tertiary/aromatic N) is 3. The highest BCUT2D eigenvalue weighted by Gasteiger charge is 2.49. The highest BCUT2D eigenvalue weighted by Crippen LogP contribution is 2.35. The standard InChI is InChI=1S/C21H28FN3O3/c1-3-9-25-15(2)17(12-23-25)13-24-10-8-19(26)21(14-24,20(27)28)11-16-4-6-18(22)7-5-16/h4-7,12,19,26H,3,8-11,13-14H2,1-2H3,(H,27,28)/t19-,21-/m1/s1. The molecule has 2 N–H and O–H groups in total. The first kappa shape index (κ1) is 20.5. The van der Waals surface area contributed by atoms with Crippen molar-refractivity contribution in [2.24, 2.45) is 5.41 Å². The Bertz CT molecular complexity index is 821. The van der Waals surface area contributed by atoms with Gasteiger partial charge in [0.25, 0.3) is 0 Å². The molecule has 1 aromatic heterocycles. The van der Waals surface area contributed by atoms with Gasteiger partial charge in [-0.2, -0.15) is 5.10 Å². The van der Waals surface area contributed by atoms with E-state index in [1.54, 1.807) is 12.1 Å². The first-order valence-corrected chi connectivity index (χ1v) is 9.75. The van der Waals surface area contributed by atoms with Gasteiger partial charge in [-0.25, -0.2) is 4.39 Å². The van der Waals surface area contributed by atoms with Crippen molar-refractivity contribution in [3.8, 4) is 0 Å². The van der Waals surface area contributed by atoms with Crippen LogP contribution in [0.1, 0.15) is 36.6 Å². The zero-order valence-corrected chi connectivity index (χ0v) is 16.4. The van der Waals surface area contributed by atoms with Crippen LogP contribution in [0.4, 0.5) is 4.39 Å². The fourth-order valence-corrected chi connectivity index (χ4v) is 4.04. The summed E-state index contributed by atoms with van der Waals surface area (Å²) < 4.78 is 15.2. The Hall–Kier alpha value is -2.25. The number of carbonyl (C=O) groups is 1. The smallest absolute Gasteiger partial charge is 0.313 e. The number of carboxylic acid groups (broad SMARTS) is 1. The number of aromatic nitrogens is 2. The number of aryl methyl sites for hydroxylation is 1. The quantitative estimate of drug-likeness (QED) is 0.761. The maximum atomic E-state index is 13.2. The molecular formula is C21H28FN3O3. The number of aliphatic hydroxyl groups excluding tert-OH is 1. The molecule has 1 aromatic carbocycles. The number of aliphatic carboxylic acids is 1. The lowest BCUT2D eigenvalue weighted by molar-refractivity contribution is -0.163. The van der Waals surface area contributed by atoms with Crippen LogP contribution < -0.4 is 0 Å². The van der Waals surface area contributed by atoms with E-state index in [-0.39, 0.29) is 18.8 Å². The van der Waals surface area contributed by atoms with Gasteiger partial charge >= 0.3 is 5.97 Å². The molecule has 2 aromatic rings. The lowest BCUT2D eigenvalue weighted by Gasteiger charge is -2.43. The summed E-state index contributed by atoms with van der Waals surface area (Å²) in [6.45, 7) is 6.44. The largest absolute Gasteiger partial charge is 0.481 e. The van der Waals surface area contributed by atoms with Crippen LogP contribution in [0.25, 0.3) is 0 Å². The molecule has 7 heteroatoms. The van der Waals surface area contributed by atoms with Crippen molar-refractivity contribution in [3.05, 3.63) is 53.1 Å². The van der Waals surface area contributed by atoms with Gasteiger partial charge in [0, 0.05) is 37.4 Å². The maximum Gasteiger partial charge on any atom is 0.313 e. The Kier molecular flexibility index (Phi) is 6.15. The molecule has 0 spiro atoms. The third-order valence-electron chi connectivity index (χ3n) is 5.76. The minimum absolute atomic E-state index is 0.161. The fraction of sp³-hybridized carbons (Fsp3) is 0.524. The highest BCUT2D eigenvalue weighted by atomic mass is 19.1. The van der Waals surface area contributed by atoms with E-state index in [2.05, 4.69) is 16.9 Å². The minimum atomic E-state index is -1.32. The van der Waals surface area contributed by atoms with E-state index in [1.165, 1.54) is 12.1 Å². The summed E-state index contributed by atoms with van der Waals surface area (Å²) in [6, 6.07) is 5.82. The SMILES string of the molecule is CCCn1ncc(CN2CC[C@@H](O)[C@](Cc3ccc(F)cc3)(C(=O)O)C2)c1C. The van der Waals surface area contributed by atoms with Gasteiger partial charge in [0.1, 0.15) is 11.2 Å². The van der Waals surface area contributed by atoms with Crippen LogP contribution in [0.5, 0.6) is 0 Å². The van der Waals surface area contributed by atoms with Crippen LogP contribution in [0, 0.1) is 18.2 Å². The van der Waals surface area contributed by atoms with E-state index in [9.17, 15) is 19.4 Å². The lowest BCUT2D eigenvalue weighted by atomic mass is 9.72. The summed E-state index contributed by atoms with van der Waals surface area (Å²) in [4.78, 5) is 14.3. The van der Waals surface area contributed by atoms with Crippen molar-refractivity contribution in [3.63, 3.8) is 0 Å². The monoisotopic (exact) mass is 389 g/mol. The topological polar surface area (TPSA) is 78.6 Å². The zero-order chi connectivity index (χ0) is 20.3. The van der Waals surface area contributed by atoms with Gasteiger partial charge in [0.05, 0.1) is 12.3 Å². The molecule has 1 saturated heterocycles. The summed E-state index contributed by atoms with van der Waals surface area (Å²) in [7, 11) is 0. The molecule has 2 heterocycles. The second-order valence-corrected chi connectivity index (χ2v) is 7.76. The number of carboxylic acids is 1. The van der Waals surface area contributed by atoms with Gasteiger partial charge < -0.3 is 10.2 Å². The molecule has 152 valence electrons. The average Bonchev–Trinajstić information content (AvgIpc) is 3.00. The molecule has 6 nitrogen and oxygen atoms in total. The summed E-state index contributed by atoms with van der Waals surface area (Å²) >= 11 is 0. The van der Waals surface area contributed by atoms with Crippen molar-refractivity contribution in [1.29, 1.82) is 0 Å². The molecule has 1 aliphatic rings. The number of piperidine rings is 1. The molecule has 0 aliphatic carbocycles. The van der Waals surface area contributed by atoms with Crippen LogP contribution in [-0.2, 0) is 24.3 Å². The molecule has 0 unspecified atom stereocenters. The highest BCUT2D eigenvalue weighted by molar-refractivity contribution is 5.76. The van der Waals surface area contributed by atoms with Gasteiger partial charge in [0.2, 0.25) is 0 Å². The minimum Gasteiger partial charge on any atom is -0.481 e. The van der Waals surface area contributed by atoms with Gasteiger partial charge in [-0.05, 0) is 43.9 Å². The van der Waals surface area contributed by atoms with Crippen molar-refractivity contribution in [2.45, 2.75) is 52.3 Å². The van der Waals surface area contributed by atoms with Crippen LogP contribution in [0.2, 0.25) is 0 Å². The number of rotatable bonds is 7. The molecule has 0 radical (unpaired) electrons. The Morgan fingerprint density at radius 1 is 1.36 bits per heavy atom. The first-order chi connectivity index (χ1) is 13.4. The van der Waals surface area contributed by atoms with Gasteiger partial charge in [-0.15, -0.1) is 0 Å². The maximum absolute atomic E-state index is 13.2. The Labute approximate surface area is 164 Å². The third kappa shape index (κ3) is 4.10. The Morgan fingerprint density at radius 2 is 2.07 bits per heavy atom. The normalized spacial score (nSPS) is 23.1. The van der Waals surface area contributed by atoms with Crippen LogP contribution in [0.15, 0.2) is 30.5 Å². The van der Waals surface area contributed by atoms with E-state index in [0.29, 0.717) is 25.1 Å².